The molecule has 0 heterocycles. The lowest BCUT2D eigenvalue weighted by Gasteiger charge is -2.26. The van der Waals surface area contributed by atoms with E-state index in [2.05, 4.69) is 0 Å². The van der Waals surface area contributed by atoms with Crippen LogP contribution in [0, 0.1) is 17.2 Å². The van der Waals surface area contributed by atoms with E-state index in [0.717, 1.165) is 18.4 Å². The van der Waals surface area contributed by atoms with Crippen LogP contribution in [0.25, 0.3) is 0 Å². The Morgan fingerprint density at radius 1 is 1.77 bits per heavy atom. The van der Waals surface area contributed by atoms with Gasteiger partial charge >= 0.3 is 5.97 Å². The van der Waals surface area contributed by atoms with Gasteiger partial charge in [0, 0.05) is 0 Å². The molecule has 1 fully saturated rings. The van der Waals surface area contributed by atoms with Crippen LogP contribution < -0.4 is 0 Å². The monoisotopic (exact) mass is 179 g/mol. The van der Waals surface area contributed by atoms with Crippen molar-refractivity contribution in [3.63, 3.8) is 0 Å². The number of rotatable bonds is 2. The van der Waals surface area contributed by atoms with Gasteiger partial charge in [-0.05, 0) is 31.3 Å². The highest BCUT2D eigenvalue weighted by Gasteiger charge is 2.27. The Bertz CT molecular complexity index is 286. The molecule has 0 bridgehead atoms. The Kier molecular flexibility index (Phi) is 3.07. The van der Waals surface area contributed by atoms with Crippen LogP contribution in [0.3, 0.4) is 0 Å². The molecule has 1 unspecified atom stereocenters. The number of allylic oxidation sites excluding steroid dienone is 1. The summed E-state index contributed by atoms with van der Waals surface area (Å²) in [6, 6.07) is 1.92. The van der Waals surface area contributed by atoms with E-state index in [1.807, 2.05) is 13.0 Å². The van der Waals surface area contributed by atoms with Crippen LogP contribution in [0.4, 0.5) is 0 Å². The summed E-state index contributed by atoms with van der Waals surface area (Å²) in [5.41, 5.74) is 1.18. The van der Waals surface area contributed by atoms with Gasteiger partial charge in [0.2, 0.25) is 0 Å². The second-order valence-corrected chi connectivity index (χ2v) is 3.17. The van der Waals surface area contributed by atoms with Crippen LogP contribution in [0.1, 0.15) is 26.7 Å². The zero-order valence-electron chi connectivity index (χ0n) is 7.96. The van der Waals surface area contributed by atoms with Crippen molar-refractivity contribution in [1.82, 2.24) is 0 Å². The van der Waals surface area contributed by atoms with E-state index >= 15 is 0 Å². The number of nitrogens with zero attached hydrogens (tertiary/aromatic N) is 1. The van der Waals surface area contributed by atoms with E-state index in [1.54, 1.807) is 6.92 Å². The minimum absolute atomic E-state index is 0.223. The molecule has 70 valence electrons. The summed E-state index contributed by atoms with van der Waals surface area (Å²) in [4.78, 5) is 11.3. The molecule has 0 N–H and O–H groups in total. The minimum Gasteiger partial charge on any atom is -0.462 e. The zero-order chi connectivity index (χ0) is 9.84. The molecule has 1 saturated carbocycles. The van der Waals surface area contributed by atoms with Crippen molar-refractivity contribution in [2.24, 2.45) is 5.92 Å². The quantitative estimate of drug-likeness (QED) is 0.369. The van der Waals surface area contributed by atoms with Crippen LogP contribution >= 0.6 is 0 Å². The second kappa shape index (κ2) is 4.08. The van der Waals surface area contributed by atoms with Gasteiger partial charge in [-0.2, -0.15) is 5.26 Å². The second-order valence-electron chi connectivity index (χ2n) is 3.17. The number of nitriles is 1. The van der Waals surface area contributed by atoms with Gasteiger partial charge in [-0.25, -0.2) is 4.79 Å². The molecule has 0 aromatic rings. The minimum atomic E-state index is -0.466. The maximum atomic E-state index is 11.3. The first-order chi connectivity index (χ1) is 6.20. The molecular weight excluding hydrogens is 166 g/mol. The average molecular weight is 179 g/mol. The normalized spacial score (nSPS) is 24.2. The predicted molar refractivity (Wildman–Crippen MR) is 47.7 cm³/mol. The van der Waals surface area contributed by atoms with E-state index in [9.17, 15) is 4.79 Å². The lowest BCUT2D eigenvalue weighted by molar-refractivity contribution is -0.138. The Labute approximate surface area is 78.0 Å². The molecule has 1 aliphatic rings. The van der Waals surface area contributed by atoms with E-state index in [4.69, 9.17) is 10.00 Å². The van der Waals surface area contributed by atoms with E-state index in [1.165, 1.54) is 0 Å². The predicted octanol–water partition coefficient (Wildman–Crippen LogP) is 1.80. The van der Waals surface area contributed by atoms with Crippen molar-refractivity contribution in [1.29, 1.82) is 5.26 Å². The highest BCUT2D eigenvalue weighted by molar-refractivity contribution is 5.94. The van der Waals surface area contributed by atoms with Crippen molar-refractivity contribution in [3.05, 3.63) is 11.1 Å². The summed E-state index contributed by atoms with van der Waals surface area (Å²) in [5.74, 6) is -0.0920. The molecule has 0 aliphatic heterocycles. The molecule has 3 heteroatoms. The third kappa shape index (κ3) is 1.89. The largest absolute Gasteiger partial charge is 0.462 e. The van der Waals surface area contributed by atoms with Gasteiger partial charge in [0.05, 0.1) is 6.61 Å². The highest BCUT2D eigenvalue weighted by atomic mass is 16.5. The third-order valence-corrected chi connectivity index (χ3v) is 2.35. The van der Waals surface area contributed by atoms with Crippen LogP contribution in [-0.2, 0) is 9.53 Å². The summed E-state index contributed by atoms with van der Waals surface area (Å²) in [6.07, 6.45) is 1.93. The average Bonchev–Trinajstić information content (AvgIpc) is 2.11. The molecule has 0 amide bonds. The Balaban J connectivity index is 2.79. The van der Waals surface area contributed by atoms with Crippen molar-refractivity contribution in [2.75, 3.05) is 6.61 Å². The fraction of sp³-hybridized carbons (Fsp3) is 0.600. The first-order valence-corrected chi connectivity index (χ1v) is 4.51. The number of carbonyl (C=O) groups is 1. The van der Waals surface area contributed by atoms with Gasteiger partial charge < -0.3 is 4.74 Å². The maximum absolute atomic E-state index is 11.3. The number of esters is 1. The summed E-state index contributed by atoms with van der Waals surface area (Å²) in [6.45, 7) is 4.09. The van der Waals surface area contributed by atoms with Gasteiger partial charge in [-0.3, -0.25) is 0 Å². The van der Waals surface area contributed by atoms with Crippen LogP contribution in [0.2, 0.25) is 0 Å². The van der Waals surface area contributed by atoms with Gasteiger partial charge in [0.25, 0.3) is 0 Å². The summed E-state index contributed by atoms with van der Waals surface area (Å²) < 4.78 is 4.78. The lowest BCUT2D eigenvalue weighted by atomic mass is 9.78. The fourth-order valence-electron chi connectivity index (χ4n) is 1.40. The van der Waals surface area contributed by atoms with Crippen molar-refractivity contribution in [2.45, 2.75) is 26.7 Å². The standard InChI is InChI=1S/C10H13NO2/c1-3-13-10(12)9(6-11)8-5-4-7(8)2/h7H,3-5H2,1-2H3/b9-8-. The van der Waals surface area contributed by atoms with Crippen molar-refractivity contribution < 1.29 is 9.53 Å². The summed E-state index contributed by atoms with van der Waals surface area (Å²) in [7, 11) is 0. The topological polar surface area (TPSA) is 50.1 Å². The Hall–Kier alpha value is -1.30. The molecule has 1 atom stereocenters. The van der Waals surface area contributed by atoms with Crippen molar-refractivity contribution >= 4 is 5.97 Å². The molecule has 1 rings (SSSR count). The number of hydrogen-bond acceptors (Lipinski definition) is 3. The molecule has 13 heavy (non-hydrogen) atoms. The lowest BCUT2D eigenvalue weighted by Crippen LogP contribution is -2.19. The first kappa shape index (κ1) is 9.79. The Morgan fingerprint density at radius 3 is 2.77 bits per heavy atom. The molecule has 3 nitrogen and oxygen atoms in total. The first-order valence-electron chi connectivity index (χ1n) is 4.51. The SMILES string of the molecule is CCOC(=O)/C(C#N)=C1/CCC1C. The molecule has 0 spiro atoms. The number of carbonyl (C=O) groups excluding carboxylic acids is 1. The van der Waals surface area contributed by atoms with Gasteiger partial charge in [0.1, 0.15) is 11.6 Å². The Morgan fingerprint density at radius 2 is 2.46 bits per heavy atom. The van der Waals surface area contributed by atoms with Gasteiger partial charge in [0.15, 0.2) is 0 Å². The summed E-state index contributed by atoms with van der Waals surface area (Å²) >= 11 is 0. The molecule has 0 aromatic heterocycles. The molecular formula is C10H13NO2. The molecule has 1 aliphatic carbocycles. The highest BCUT2D eigenvalue weighted by Crippen LogP contribution is 2.35. The summed E-state index contributed by atoms with van der Waals surface area (Å²) in [5, 5.41) is 8.77. The maximum Gasteiger partial charge on any atom is 0.348 e. The molecule has 0 aromatic carbocycles. The molecule has 0 radical (unpaired) electrons. The third-order valence-electron chi connectivity index (χ3n) is 2.35. The van der Waals surface area contributed by atoms with E-state index in [0.29, 0.717) is 12.5 Å². The number of hydrogen-bond donors (Lipinski definition) is 0. The van der Waals surface area contributed by atoms with Crippen LogP contribution in [0.15, 0.2) is 11.1 Å². The molecule has 0 saturated heterocycles. The van der Waals surface area contributed by atoms with E-state index in [-0.39, 0.29) is 5.57 Å². The zero-order valence-corrected chi connectivity index (χ0v) is 7.96. The number of ether oxygens (including phenoxy) is 1. The van der Waals surface area contributed by atoms with Crippen molar-refractivity contribution in [3.8, 4) is 6.07 Å². The fourth-order valence-corrected chi connectivity index (χ4v) is 1.40. The van der Waals surface area contributed by atoms with Crippen LogP contribution in [-0.4, -0.2) is 12.6 Å². The van der Waals surface area contributed by atoms with Crippen LogP contribution in [0.5, 0.6) is 0 Å². The van der Waals surface area contributed by atoms with Gasteiger partial charge in [-0.15, -0.1) is 0 Å². The smallest absolute Gasteiger partial charge is 0.348 e. The van der Waals surface area contributed by atoms with Gasteiger partial charge in [-0.1, -0.05) is 6.92 Å². The van der Waals surface area contributed by atoms with E-state index < -0.39 is 5.97 Å².